The van der Waals surface area contributed by atoms with E-state index in [2.05, 4.69) is 148 Å². The van der Waals surface area contributed by atoms with E-state index < -0.39 is 0 Å². The van der Waals surface area contributed by atoms with Crippen LogP contribution in [0.2, 0.25) is 0 Å². The highest BCUT2D eigenvalue weighted by molar-refractivity contribution is 5.84. The normalized spacial score (nSPS) is 11.8. The third kappa shape index (κ3) is 6.52. The predicted molar refractivity (Wildman–Crippen MR) is 188 cm³/mol. The van der Waals surface area contributed by atoms with Gasteiger partial charge in [0.15, 0.2) is 0 Å². The third-order valence-corrected chi connectivity index (χ3v) is 7.60. The Morgan fingerprint density at radius 1 is 0.429 bits per heavy atom. The van der Waals surface area contributed by atoms with Gasteiger partial charge in [0, 0.05) is 22.5 Å². The molecule has 1 aliphatic carbocycles. The van der Waals surface area contributed by atoms with E-state index in [-0.39, 0.29) is 5.41 Å². The smallest absolute Gasteiger partial charge is 0.0462 e. The van der Waals surface area contributed by atoms with E-state index in [9.17, 15) is 0 Å². The van der Waals surface area contributed by atoms with E-state index in [1.54, 1.807) is 0 Å². The Morgan fingerprint density at radius 3 is 1.43 bits per heavy atom. The summed E-state index contributed by atoms with van der Waals surface area (Å²) < 4.78 is 0. The van der Waals surface area contributed by atoms with E-state index in [1.807, 2.05) is 41.5 Å². The summed E-state index contributed by atoms with van der Waals surface area (Å²) >= 11 is 0. The average molecular weight is 556 g/mol. The van der Waals surface area contributed by atoms with E-state index in [1.165, 1.54) is 44.5 Å². The monoisotopic (exact) mass is 555 g/mol. The van der Waals surface area contributed by atoms with Crippen molar-refractivity contribution in [1.29, 1.82) is 0 Å². The zero-order valence-corrected chi connectivity index (χ0v) is 27.4. The molecule has 0 bridgehead atoms. The molecule has 0 unspecified atom stereocenters. The lowest BCUT2D eigenvalue weighted by atomic mass is 9.81. The van der Waals surface area contributed by atoms with Gasteiger partial charge >= 0.3 is 0 Å². The van der Waals surface area contributed by atoms with Crippen LogP contribution in [0.5, 0.6) is 0 Å². The van der Waals surface area contributed by atoms with Crippen molar-refractivity contribution in [2.45, 2.75) is 74.7 Å². The minimum absolute atomic E-state index is 0.00217. The molecule has 42 heavy (non-hydrogen) atoms. The Kier molecular flexibility index (Phi) is 11.3. The Bertz CT molecular complexity index is 1540. The molecule has 0 radical (unpaired) electrons. The van der Waals surface area contributed by atoms with Crippen molar-refractivity contribution in [1.82, 2.24) is 0 Å². The maximum atomic E-state index is 2.40. The van der Waals surface area contributed by atoms with Crippen molar-refractivity contribution in [3.63, 3.8) is 0 Å². The Balaban J connectivity index is 0.000000760. The SMILES string of the molecule is CC.CC.CC.Cc1ccc(N(c2ccccc2)c2ccc(-c3ccc4c(c3)C(C)(C)c3cc(C)ccc3-4)cc2)cc1. The fraction of sp³-hybridized carbons (Fsp3) is 0.268. The number of hydrogen-bond acceptors (Lipinski definition) is 1. The van der Waals surface area contributed by atoms with Crippen molar-refractivity contribution in [3.8, 4) is 22.3 Å². The summed E-state index contributed by atoms with van der Waals surface area (Å²) in [5.74, 6) is 0. The van der Waals surface area contributed by atoms with Crippen LogP contribution < -0.4 is 4.90 Å². The van der Waals surface area contributed by atoms with Crippen molar-refractivity contribution in [2.24, 2.45) is 0 Å². The molecule has 0 saturated carbocycles. The summed E-state index contributed by atoms with van der Waals surface area (Å²) in [5, 5.41) is 0. The van der Waals surface area contributed by atoms with Crippen LogP contribution in [0.1, 0.15) is 77.6 Å². The van der Waals surface area contributed by atoms with E-state index in [0.29, 0.717) is 0 Å². The highest BCUT2D eigenvalue weighted by Crippen LogP contribution is 2.50. The molecule has 0 aromatic heterocycles. The molecule has 6 rings (SSSR count). The zero-order chi connectivity index (χ0) is 30.9. The standard InChI is InChI=1S/C35H31N.3C2H6/c1-24-10-16-29(17-11-24)36(28-8-6-5-7-9-28)30-18-13-26(14-19-30)27-15-21-32-31-20-12-25(2)22-33(31)35(3,4)34(32)23-27;3*1-2/h5-23H,1-4H3;3*1-2H3. The molecule has 0 heterocycles. The van der Waals surface area contributed by atoms with E-state index in [0.717, 1.165) is 17.1 Å². The number of anilines is 3. The zero-order valence-electron chi connectivity index (χ0n) is 27.4. The molecule has 0 spiro atoms. The molecule has 0 atom stereocenters. The lowest BCUT2D eigenvalue weighted by Gasteiger charge is -2.26. The van der Waals surface area contributed by atoms with Gasteiger partial charge in [-0.2, -0.15) is 0 Å². The van der Waals surface area contributed by atoms with E-state index in [4.69, 9.17) is 0 Å². The van der Waals surface area contributed by atoms with Crippen molar-refractivity contribution >= 4 is 17.1 Å². The summed E-state index contributed by atoms with van der Waals surface area (Å²) in [5.41, 5.74) is 14.1. The number of aryl methyl sites for hydroxylation is 2. The first-order chi connectivity index (χ1) is 20.4. The van der Waals surface area contributed by atoms with Crippen LogP contribution in [-0.4, -0.2) is 0 Å². The fourth-order valence-corrected chi connectivity index (χ4v) is 5.55. The predicted octanol–water partition coefficient (Wildman–Crippen LogP) is 12.8. The van der Waals surface area contributed by atoms with Crippen molar-refractivity contribution < 1.29 is 0 Å². The highest BCUT2D eigenvalue weighted by atomic mass is 15.1. The molecule has 1 aliphatic rings. The molecule has 5 aromatic rings. The number of para-hydroxylation sites is 1. The van der Waals surface area contributed by atoms with Gasteiger partial charge in [-0.25, -0.2) is 0 Å². The number of nitrogens with zero attached hydrogens (tertiary/aromatic N) is 1. The van der Waals surface area contributed by atoms with Gasteiger partial charge in [0.25, 0.3) is 0 Å². The van der Waals surface area contributed by atoms with Gasteiger partial charge in [0.05, 0.1) is 0 Å². The molecule has 1 heteroatoms. The third-order valence-electron chi connectivity index (χ3n) is 7.60. The van der Waals surface area contributed by atoms with Gasteiger partial charge in [-0.3, -0.25) is 0 Å². The molecule has 0 amide bonds. The summed E-state index contributed by atoms with van der Waals surface area (Å²) in [6.45, 7) is 21.0. The van der Waals surface area contributed by atoms with Gasteiger partial charge in [-0.15, -0.1) is 0 Å². The molecular weight excluding hydrogens is 506 g/mol. The Morgan fingerprint density at radius 2 is 0.857 bits per heavy atom. The first-order valence-electron chi connectivity index (χ1n) is 15.7. The molecule has 1 nitrogen and oxygen atoms in total. The van der Waals surface area contributed by atoms with Crippen LogP contribution in [0.15, 0.2) is 115 Å². The number of fused-ring (bicyclic) bond motifs is 3. The second kappa shape index (κ2) is 14.7. The van der Waals surface area contributed by atoms with E-state index >= 15 is 0 Å². The van der Waals surface area contributed by atoms with Crippen LogP contribution in [0, 0.1) is 13.8 Å². The van der Waals surface area contributed by atoms with Gasteiger partial charge in [-0.1, -0.05) is 139 Å². The average Bonchev–Trinajstić information content (AvgIpc) is 3.27. The summed E-state index contributed by atoms with van der Waals surface area (Å²) in [6.07, 6.45) is 0. The summed E-state index contributed by atoms with van der Waals surface area (Å²) in [4.78, 5) is 2.31. The fourth-order valence-electron chi connectivity index (χ4n) is 5.55. The van der Waals surface area contributed by atoms with Crippen LogP contribution in [-0.2, 0) is 5.41 Å². The molecule has 0 aliphatic heterocycles. The van der Waals surface area contributed by atoms with Crippen LogP contribution in [0.4, 0.5) is 17.1 Å². The Labute approximate surface area is 255 Å². The molecule has 0 fully saturated rings. The minimum atomic E-state index is 0.00217. The summed E-state index contributed by atoms with van der Waals surface area (Å²) in [6, 6.07) is 42.1. The maximum absolute atomic E-state index is 2.40. The highest BCUT2D eigenvalue weighted by Gasteiger charge is 2.35. The molecule has 5 aromatic carbocycles. The number of hydrogen-bond donors (Lipinski definition) is 0. The topological polar surface area (TPSA) is 3.24 Å². The van der Waals surface area contributed by atoms with Gasteiger partial charge < -0.3 is 4.90 Å². The van der Waals surface area contributed by atoms with Crippen LogP contribution >= 0.6 is 0 Å². The second-order valence-corrected chi connectivity index (χ2v) is 10.5. The molecule has 218 valence electrons. The number of rotatable bonds is 4. The largest absolute Gasteiger partial charge is 0.311 e. The van der Waals surface area contributed by atoms with Gasteiger partial charge in [0.1, 0.15) is 0 Å². The molecule has 0 saturated heterocycles. The quantitative estimate of drug-likeness (QED) is 0.213. The maximum Gasteiger partial charge on any atom is 0.0462 e. The van der Waals surface area contributed by atoms with Crippen LogP contribution in [0.3, 0.4) is 0 Å². The molecule has 0 N–H and O–H groups in total. The molecular formula is C41H49N. The lowest BCUT2D eigenvalue weighted by Crippen LogP contribution is -2.15. The first-order valence-corrected chi connectivity index (χ1v) is 15.7. The van der Waals surface area contributed by atoms with Gasteiger partial charge in [0.2, 0.25) is 0 Å². The number of benzene rings is 5. The first kappa shape index (κ1) is 32.4. The van der Waals surface area contributed by atoms with Crippen molar-refractivity contribution in [2.75, 3.05) is 4.90 Å². The van der Waals surface area contributed by atoms with Crippen molar-refractivity contribution in [3.05, 3.63) is 138 Å². The lowest BCUT2D eigenvalue weighted by molar-refractivity contribution is 0.660. The minimum Gasteiger partial charge on any atom is -0.311 e. The second-order valence-electron chi connectivity index (χ2n) is 10.5. The van der Waals surface area contributed by atoms with Crippen LogP contribution in [0.25, 0.3) is 22.3 Å². The summed E-state index contributed by atoms with van der Waals surface area (Å²) in [7, 11) is 0. The Hall–Kier alpha value is -4.10. The van der Waals surface area contributed by atoms with Gasteiger partial charge in [-0.05, 0) is 89.7 Å².